The van der Waals surface area contributed by atoms with Crippen molar-refractivity contribution >= 4 is 16.9 Å². The summed E-state index contributed by atoms with van der Waals surface area (Å²) < 4.78 is 35.4. The van der Waals surface area contributed by atoms with Crippen LogP contribution in [0.25, 0.3) is 10.9 Å². The van der Waals surface area contributed by atoms with Crippen molar-refractivity contribution in [3.05, 3.63) is 71.9 Å². The molecule has 4 rings (SSSR count). The number of ether oxygens (including phenoxy) is 1. The van der Waals surface area contributed by atoms with E-state index in [1.165, 1.54) is 0 Å². The monoisotopic (exact) mass is 496 g/mol. The molecular formula is C29H34F2N2O3. The van der Waals surface area contributed by atoms with E-state index in [4.69, 9.17) is 4.74 Å². The normalized spacial score (nSPS) is 20.2. The molecule has 2 unspecified atom stereocenters. The number of halogens is 2. The molecule has 0 aliphatic carbocycles. The molecule has 0 bridgehead atoms. The van der Waals surface area contributed by atoms with E-state index in [1.54, 1.807) is 31.5 Å². The number of hydrogen-bond acceptors (Lipinski definition) is 4. The van der Waals surface area contributed by atoms with E-state index in [9.17, 15) is 14.3 Å². The van der Waals surface area contributed by atoms with Gasteiger partial charge in [0.25, 0.3) is 0 Å². The van der Waals surface area contributed by atoms with Crippen LogP contribution in [0.3, 0.4) is 0 Å². The number of methoxy groups -OCH3 is 1. The van der Waals surface area contributed by atoms with Crippen LogP contribution >= 0.6 is 0 Å². The molecule has 1 aliphatic rings. The largest absolute Gasteiger partial charge is 0.497 e. The van der Waals surface area contributed by atoms with Gasteiger partial charge in [-0.3, -0.25) is 9.78 Å². The maximum Gasteiger partial charge on any atom is 0.303 e. The molecule has 4 atom stereocenters. The highest BCUT2D eigenvalue weighted by atomic mass is 19.1. The summed E-state index contributed by atoms with van der Waals surface area (Å²) in [6.07, 6.45) is 1.54. The zero-order chi connectivity index (χ0) is 25.5. The van der Waals surface area contributed by atoms with Crippen molar-refractivity contribution < 1.29 is 23.4 Å². The highest BCUT2D eigenvalue weighted by Gasteiger charge is 2.31. The maximum atomic E-state index is 15.5. The Morgan fingerprint density at radius 1 is 1.11 bits per heavy atom. The Hall–Kier alpha value is -3.06. The van der Waals surface area contributed by atoms with Gasteiger partial charge in [0.2, 0.25) is 0 Å². The van der Waals surface area contributed by atoms with Gasteiger partial charge in [0.15, 0.2) is 0 Å². The Labute approximate surface area is 211 Å². The van der Waals surface area contributed by atoms with Crippen molar-refractivity contribution in [1.29, 1.82) is 0 Å². The van der Waals surface area contributed by atoms with Crippen LogP contribution in [0.2, 0.25) is 0 Å². The number of benzene rings is 2. The van der Waals surface area contributed by atoms with E-state index in [1.807, 2.05) is 36.4 Å². The standard InChI is InChI=1S/C29H34F2N2O3/c1-36-23-8-10-28-25(18-23)24(11-14-32-28)27(31)9-7-20-12-15-33(19-22(20)17-29(34)35)16-13-26(30)21-5-3-2-4-6-21/h2-6,8,10-11,14,18,20,22,26-27H,7,9,12-13,15-17,19H2,1H3,(H,34,35)/t20-,22+,26?,27?/m1/s1. The van der Waals surface area contributed by atoms with Gasteiger partial charge in [-0.25, -0.2) is 8.78 Å². The number of aromatic nitrogens is 1. The lowest BCUT2D eigenvalue weighted by atomic mass is 9.79. The maximum absolute atomic E-state index is 15.5. The third-order valence-corrected chi connectivity index (χ3v) is 7.38. The van der Waals surface area contributed by atoms with Crippen LogP contribution in [-0.4, -0.2) is 47.7 Å². The van der Waals surface area contributed by atoms with Crippen LogP contribution in [0, 0.1) is 11.8 Å². The molecule has 0 radical (unpaired) electrons. The highest BCUT2D eigenvalue weighted by Crippen LogP contribution is 2.36. The van der Waals surface area contributed by atoms with E-state index in [0.717, 1.165) is 23.9 Å². The first-order valence-electron chi connectivity index (χ1n) is 12.6. The second-order valence-electron chi connectivity index (χ2n) is 9.70. The molecule has 2 aromatic carbocycles. The number of likely N-dealkylation sites (tertiary alicyclic amines) is 1. The van der Waals surface area contributed by atoms with Crippen LogP contribution in [0.1, 0.15) is 55.6 Å². The molecule has 1 saturated heterocycles. The number of hydrogen-bond donors (Lipinski definition) is 1. The van der Waals surface area contributed by atoms with E-state index < -0.39 is 18.3 Å². The summed E-state index contributed by atoms with van der Waals surface area (Å²) in [4.78, 5) is 18.1. The van der Waals surface area contributed by atoms with Crippen molar-refractivity contribution in [1.82, 2.24) is 9.88 Å². The first-order chi connectivity index (χ1) is 17.4. The van der Waals surface area contributed by atoms with Crippen LogP contribution < -0.4 is 4.74 Å². The number of fused-ring (bicyclic) bond motifs is 1. The number of carboxylic acids is 1. The fourth-order valence-corrected chi connectivity index (χ4v) is 5.38. The molecule has 7 heteroatoms. The van der Waals surface area contributed by atoms with Crippen LogP contribution in [0.15, 0.2) is 60.8 Å². The first kappa shape index (κ1) is 26.0. The molecule has 192 valence electrons. The molecule has 2 heterocycles. The molecule has 0 saturated carbocycles. The SMILES string of the molecule is COc1ccc2nccc(C(F)CC[C@@H]3CCN(CCC(F)c4ccccc4)C[C@@H]3CC(=O)O)c2c1. The topological polar surface area (TPSA) is 62.7 Å². The van der Waals surface area contributed by atoms with Crippen molar-refractivity contribution in [3.8, 4) is 5.75 Å². The van der Waals surface area contributed by atoms with E-state index in [0.29, 0.717) is 49.2 Å². The van der Waals surface area contributed by atoms with Gasteiger partial charge in [-0.05, 0) is 79.5 Å². The zero-order valence-corrected chi connectivity index (χ0v) is 20.7. The van der Waals surface area contributed by atoms with Gasteiger partial charge < -0.3 is 14.7 Å². The molecule has 1 fully saturated rings. The summed E-state index contributed by atoms with van der Waals surface area (Å²) in [5, 5.41) is 10.2. The van der Waals surface area contributed by atoms with Crippen LogP contribution in [0.4, 0.5) is 8.78 Å². The van der Waals surface area contributed by atoms with E-state index in [2.05, 4.69) is 9.88 Å². The molecule has 36 heavy (non-hydrogen) atoms. The van der Waals surface area contributed by atoms with Gasteiger partial charge in [0.1, 0.15) is 18.1 Å². The van der Waals surface area contributed by atoms with E-state index in [-0.39, 0.29) is 18.3 Å². The fraction of sp³-hybridized carbons (Fsp3) is 0.448. The summed E-state index contributed by atoms with van der Waals surface area (Å²) in [6, 6.07) is 16.3. The summed E-state index contributed by atoms with van der Waals surface area (Å²) in [7, 11) is 1.58. The van der Waals surface area contributed by atoms with Crippen molar-refractivity contribution in [3.63, 3.8) is 0 Å². The lowest BCUT2D eigenvalue weighted by molar-refractivity contribution is -0.139. The van der Waals surface area contributed by atoms with Gasteiger partial charge in [-0.2, -0.15) is 0 Å². The minimum atomic E-state index is -1.18. The number of carbonyl (C=O) groups is 1. The Morgan fingerprint density at radius 3 is 2.67 bits per heavy atom. The Balaban J connectivity index is 1.36. The van der Waals surface area contributed by atoms with Gasteiger partial charge in [0.05, 0.1) is 12.6 Å². The number of piperidine rings is 1. The third-order valence-electron chi connectivity index (χ3n) is 7.38. The Morgan fingerprint density at radius 2 is 1.92 bits per heavy atom. The fourth-order valence-electron chi connectivity index (χ4n) is 5.38. The van der Waals surface area contributed by atoms with Gasteiger partial charge in [-0.1, -0.05) is 30.3 Å². The number of carboxylic acid groups (broad SMARTS) is 1. The van der Waals surface area contributed by atoms with E-state index >= 15 is 4.39 Å². The quantitative estimate of drug-likeness (QED) is 0.326. The predicted molar refractivity (Wildman–Crippen MR) is 137 cm³/mol. The van der Waals surface area contributed by atoms with Crippen molar-refractivity contribution in [2.75, 3.05) is 26.7 Å². The van der Waals surface area contributed by atoms with Crippen molar-refractivity contribution in [2.45, 2.75) is 44.4 Å². The number of pyridine rings is 1. The average Bonchev–Trinajstić information content (AvgIpc) is 2.90. The molecule has 5 nitrogen and oxygen atoms in total. The Kier molecular flexibility index (Phi) is 8.86. The number of aliphatic carboxylic acids is 1. The van der Waals surface area contributed by atoms with Gasteiger partial charge >= 0.3 is 5.97 Å². The molecule has 1 aliphatic heterocycles. The molecule has 0 amide bonds. The number of rotatable bonds is 11. The number of nitrogens with zero attached hydrogens (tertiary/aromatic N) is 2. The molecule has 1 aromatic heterocycles. The second-order valence-corrected chi connectivity index (χ2v) is 9.70. The average molecular weight is 497 g/mol. The third kappa shape index (κ3) is 6.58. The smallest absolute Gasteiger partial charge is 0.303 e. The zero-order valence-electron chi connectivity index (χ0n) is 20.7. The summed E-state index contributed by atoms with van der Waals surface area (Å²) >= 11 is 0. The van der Waals surface area contributed by atoms with Crippen molar-refractivity contribution in [2.24, 2.45) is 11.8 Å². The highest BCUT2D eigenvalue weighted by molar-refractivity contribution is 5.83. The molecule has 3 aromatic rings. The Bertz CT molecular complexity index is 1140. The predicted octanol–water partition coefficient (Wildman–Crippen LogP) is 6.55. The minimum absolute atomic E-state index is 0.0469. The summed E-state index contributed by atoms with van der Waals surface area (Å²) in [6.45, 7) is 1.95. The molecule has 0 spiro atoms. The van der Waals surface area contributed by atoms with Crippen LogP contribution in [0.5, 0.6) is 5.75 Å². The summed E-state index contributed by atoms with van der Waals surface area (Å²) in [5.74, 6) is -0.148. The lowest BCUT2D eigenvalue weighted by Crippen LogP contribution is -2.42. The minimum Gasteiger partial charge on any atom is -0.497 e. The first-order valence-corrected chi connectivity index (χ1v) is 12.6. The van der Waals surface area contributed by atoms with Gasteiger partial charge in [0, 0.05) is 31.1 Å². The summed E-state index contributed by atoms with van der Waals surface area (Å²) in [5.41, 5.74) is 1.97. The molecule has 1 N–H and O–H groups in total. The molecular weight excluding hydrogens is 462 g/mol. The second kappa shape index (κ2) is 12.3. The van der Waals surface area contributed by atoms with Gasteiger partial charge in [-0.15, -0.1) is 0 Å². The number of alkyl halides is 2. The van der Waals surface area contributed by atoms with Crippen LogP contribution in [-0.2, 0) is 4.79 Å². The lowest BCUT2D eigenvalue weighted by Gasteiger charge is -2.38.